The molecule has 0 aliphatic heterocycles. The Hall–Kier alpha value is -2.90. The molecule has 8 nitrogen and oxygen atoms in total. The fourth-order valence-electron chi connectivity index (χ4n) is 1.69. The van der Waals surface area contributed by atoms with Crippen LogP contribution in [0, 0.1) is 17.0 Å². The molecule has 110 valence electrons. The molecule has 8 heteroatoms. The van der Waals surface area contributed by atoms with E-state index >= 15 is 0 Å². The highest BCUT2D eigenvalue weighted by Crippen LogP contribution is 2.34. The molecule has 0 fully saturated rings. The summed E-state index contributed by atoms with van der Waals surface area (Å²) in [4.78, 5) is 18.5. The van der Waals surface area contributed by atoms with Gasteiger partial charge >= 0.3 is 0 Å². The summed E-state index contributed by atoms with van der Waals surface area (Å²) in [6, 6.07) is 5.72. The minimum absolute atomic E-state index is 0.0750. The molecule has 0 saturated heterocycles. The first-order chi connectivity index (χ1) is 10.0. The summed E-state index contributed by atoms with van der Waals surface area (Å²) in [5.41, 5.74) is -0.0750. The average Bonchev–Trinajstić information content (AvgIpc) is 2.46. The summed E-state index contributed by atoms with van der Waals surface area (Å²) < 4.78 is 10.7. The molecule has 0 atom stereocenters. The Morgan fingerprint density at radius 2 is 2.00 bits per heavy atom. The number of hydrogen-bond acceptors (Lipinski definition) is 7. The lowest BCUT2D eigenvalue weighted by molar-refractivity contribution is -0.384. The Morgan fingerprint density at radius 3 is 2.62 bits per heavy atom. The average molecular weight is 290 g/mol. The summed E-state index contributed by atoms with van der Waals surface area (Å²) in [5, 5.41) is 13.6. The molecule has 0 radical (unpaired) electrons. The molecule has 1 aromatic heterocycles. The second-order valence-corrected chi connectivity index (χ2v) is 4.08. The fraction of sp³-hybridized carbons (Fsp3) is 0.231. The van der Waals surface area contributed by atoms with Gasteiger partial charge in [-0.2, -0.15) is 4.98 Å². The molecule has 1 N–H and O–H groups in total. The van der Waals surface area contributed by atoms with Crippen LogP contribution in [0.1, 0.15) is 5.82 Å². The number of ether oxygens (including phenoxy) is 2. The van der Waals surface area contributed by atoms with Crippen LogP contribution in [0.15, 0.2) is 24.3 Å². The van der Waals surface area contributed by atoms with Crippen molar-refractivity contribution in [1.82, 2.24) is 9.97 Å². The maximum Gasteiger partial charge on any atom is 0.273 e. The van der Waals surface area contributed by atoms with Crippen LogP contribution in [0.25, 0.3) is 0 Å². The number of anilines is 1. The summed E-state index contributed by atoms with van der Waals surface area (Å²) in [6.07, 6.45) is 0. The van der Waals surface area contributed by atoms with Gasteiger partial charge in [0.2, 0.25) is 5.88 Å². The Morgan fingerprint density at radius 1 is 1.24 bits per heavy atom. The van der Waals surface area contributed by atoms with Gasteiger partial charge in [-0.05, 0) is 13.0 Å². The molecule has 21 heavy (non-hydrogen) atoms. The molecular formula is C13H14N4O4. The van der Waals surface area contributed by atoms with Gasteiger partial charge in [0.25, 0.3) is 5.69 Å². The third-order valence-electron chi connectivity index (χ3n) is 2.64. The van der Waals surface area contributed by atoms with Gasteiger partial charge in [-0.1, -0.05) is 0 Å². The first-order valence-electron chi connectivity index (χ1n) is 6.07. The first kappa shape index (κ1) is 14.5. The van der Waals surface area contributed by atoms with Crippen LogP contribution in [0.4, 0.5) is 11.5 Å². The number of aryl methyl sites for hydroxylation is 1. The quantitative estimate of drug-likeness (QED) is 0.667. The first-order valence-corrected chi connectivity index (χ1v) is 6.07. The maximum atomic E-state index is 10.7. The Labute approximate surface area is 120 Å². The van der Waals surface area contributed by atoms with Gasteiger partial charge < -0.3 is 14.8 Å². The van der Waals surface area contributed by atoms with Crippen molar-refractivity contribution >= 4 is 11.5 Å². The number of aromatic nitrogens is 2. The third-order valence-corrected chi connectivity index (χ3v) is 2.64. The SMILES string of the molecule is CNc1cc(Oc2ccc([N+](=O)[O-])cc2OC)nc(C)n1. The number of nitrogens with zero attached hydrogens (tertiary/aromatic N) is 3. The van der Waals surface area contributed by atoms with Crippen LogP contribution >= 0.6 is 0 Å². The van der Waals surface area contributed by atoms with Crippen molar-refractivity contribution in [3.05, 3.63) is 40.2 Å². The van der Waals surface area contributed by atoms with Gasteiger partial charge in [-0.15, -0.1) is 0 Å². The smallest absolute Gasteiger partial charge is 0.273 e. The summed E-state index contributed by atoms with van der Waals surface area (Å²) in [7, 11) is 3.15. The van der Waals surface area contributed by atoms with Crippen LogP contribution in [0.3, 0.4) is 0 Å². The van der Waals surface area contributed by atoms with E-state index in [9.17, 15) is 10.1 Å². The minimum atomic E-state index is -0.500. The Bertz CT molecular complexity index is 675. The third kappa shape index (κ3) is 3.35. The monoisotopic (exact) mass is 290 g/mol. The predicted octanol–water partition coefficient (Wildman–Crippen LogP) is 2.54. The van der Waals surface area contributed by atoms with Crippen LogP contribution < -0.4 is 14.8 Å². The van der Waals surface area contributed by atoms with Crippen molar-refractivity contribution in [2.45, 2.75) is 6.92 Å². The lowest BCUT2D eigenvalue weighted by Crippen LogP contribution is -1.99. The van der Waals surface area contributed by atoms with Crippen molar-refractivity contribution in [1.29, 1.82) is 0 Å². The molecule has 0 bridgehead atoms. The highest BCUT2D eigenvalue weighted by molar-refractivity contribution is 5.50. The van der Waals surface area contributed by atoms with E-state index in [0.29, 0.717) is 23.3 Å². The fourth-order valence-corrected chi connectivity index (χ4v) is 1.69. The molecular weight excluding hydrogens is 276 g/mol. The van der Waals surface area contributed by atoms with Crippen LogP contribution in [0.5, 0.6) is 17.4 Å². The number of nitrogens with one attached hydrogen (secondary N) is 1. The molecule has 0 aliphatic rings. The van der Waals surface area contributed by atoms with Crippen molar-refractivity contribution in [2.75, 3.05) is 19.5 Å². The highest BCUT2D eigenvalue weighted by Gasteiger charge is 2.14. The zero-order valence-electron chi connectivity index (χ0n) is 11.8. The van der Waals surface area contributed by atoms with E-state index in [1.54, 1.807) is 20.0 Å². The van der Waals surface area contributed by atoms with E-state index in [2.05, 4.69) is 15.3 Å². The van der Waals surface area contributed by atoms with E-state index in [1.807, 2.05) is 0 Å². The lowest BCUT2D eigenvalue weighted by atomic mass is 10.3. The van der Waals surface area contributed by atoms with Crippen LogP contribution in [-0.4, -0.2) is 29.0 Å². The van der Waals surface area contributed by atoms with E-state index in [0.717, 1.165) is 0 Å². The number of hydrogen-bond donors (Lipinski definition) is 1. The maximum absolute atomic E-state index is 10.7. The van der Waals surface area contributed by atoms with Gasteiger partial charge in [0.1, 0.15) is 11.6 Å². The second kappa shape index (κ2) is 6.04. The van der Waals surface area contributed by atoms with E-state index in [1.165, 1.54) is 25.3 Å². The van der Waals surface area contributed by atoms with Gasteiger partial charge in [0.05, 0.1) is 18.1 Å². The van der Waals surface area contributed by atoms with Gasteiger partial charge in [0.15, 0.2) is 11.5 Å². The van der Waals surface area contributed by atoms with Crippen molar-refractivity contribution in [3.8, 4) is 17.4 Å². The normalized spacial score (nSPS) is 10.0. The largest absolute Gasteiger partial charge is 0.493 e. The summed E-state index contributed by atoms with van der Waals surface area (Å²) >= 11 is 0. The summed E-state index contributed by atoms with van der Waals surface area (Å²) in [5.74, 6) is 2.06. The zero-order chi connectivity index (χ0) is 15.4. The van der Waals surface area contributed by atoms with Gasteiger partial charge in [0, 0.05) is 19.2 Å². The molecule has 0 aliphatic carbocycles. The van der Waals surface area contributed by atoms with Gasteiger partial charge in [-0.25, -0.2) is 4.98 Å². The Kier molecular flexibility index (Phi) is 4.17. The number of nitro benzene ring substituents is 1. The van der Waals surface area contributed by atoms with Crippen molar-refractivity contribution in [2.24, 2.45) is 0 Å². The molecule has 0 saturated carbocycles. The predicted molar refractivity (Wildman–Crippen MR) is 76.0 cm³/mol. The van der Waals surface area contributed by atoms with E-state index < -0.39 is 4.92 Å². The number of rotatable bonds is 5. The molecule has 2 rings (SSSR count). The van der Waals surface area contributed by atoms with Crippen LogP contribution in [0.2, 0.25) is 0 Å². The van der Waals surface area contributed by atoms with E-state index in [-0.39, 0.29) is 11.4 Å². The Balaban J connectivity index is 2.35. The minimum Gasteiger partial charge on any atom is -0.493 e. The molecule has 1 heterocycles. The second-order valence-electron chi connectivity index (χ2n) is 4.08. The summed E-state index contributed by atoms with van der Waals surface area (Å²) in [6.45, 7) is 1.74. The van der Waals surface area contributed by atoms with Gasteiger partial charge in [-0.3, -0.25) is 10.1 Å². The number of nitro groups is 1. The van der Waals surface area contributed by atoms with Crippen LogP contribution in [-0.2, 0) is 0 Å². The molecule has 1 aromatic carbocycles. The standard InChI is InChI=1S/C13H14N4O4/c1-8-15-12(14-2)7-13(16-8)21-10-5-4-9(17(18)19)6-11(10)20-3/h4-7H,1-3H3,(H,14,15,16). The molecule has 0 spiro atoms. The lowest BCUT2D eigenvalue weighted by Gasteiger charge is -2.10. The molecule has 2 aromatic rings. The molecule has 0 amide bonds. The zero-order valence-corrected chi connectivity index (χ0v) is 11.8. The number of benzene rings is 1. The topological polar surface area (TPSA) is 99.4 Å². The highest BCUT2D eigenvalue weighted by atomic mass is 16.6. The van der Waals surface area contributed by atoms with Crippen molar-refractivity contribution in [3.63, 3.8) is 0 Å². The van der Waals surface area contributed by atoms with E-state index in [4.69, 9.17) is 9.47 Å². The number of methoxy groups -OCH3 is 1. The molecule has 0 unspecified atom stereocenters. The van der Waals surface area contributed by atoms with Crippen molar-refractivity contribution < 1.29 is 14.4 Å². The number of non-ortho nitro benzene ring substituents is 1.